The van der Waals surface area contributed by atoms with Crippen molar-refractivity contribution in [2.45, 2.75) is 6.61 Å². The summed E-state index contributed by atoms with van der Waals surface area (Å²) in [4.78, 5) is 0. The zero-order valence-corrected chi connectivity index (χ0v) is 9.43. The SMILES string of the molecule is OCc1nnc(Oc2ccc(Cl)c(F)c2)s1. The van der Waals surface area contributed by atoms with Crippen LogP contribution in [0.5, 0.6) is 10.9 Å². The molecule has 0 spiro atoms. The normalized spacial score (nSPS) is 10.4. The van der Waals surface area contributed by atoms with E-state index in [0.29, 0.717) is 5.01 Å². The van der Waals surface area contributed by atoms with Gasteiger partial charge in [-0.3, -0.25) is 0 Å². The summed E-state index contributed by atoms with van der Waals surface area (Å²) in [6.07, 6.45) is 0. The maximum Gasteiger partial charge on any atom is 0.299 e. The number of nitrogens with zero attached hydrogens (tertiary/aromatic N) is 2. The Morgan fingerprint density at radius 1 is 1.44 bits per heavy atom. The minimum absolute atomic E-state index is 0.0284. The van der Waals surface area contributed by atoms with Gasteiger partial charge in [-0.25, -0.2) is 4.39 Å². The first kappa shape index (κ1) is 11.3. The molecule has 0 unspecified atom stereocenters. The highest BCUT2D eigenvalue weighted by Gasteiger charge is 2.07. The third kappa shape index (κ3) is 2.46. The lowest BCUT2D eigenvalue weighted by Crippen LogP contribution is -1.85. The molecular formula is C9H6ClFN2O2S. The fraction of sp³-hybridized carbons (Fsp3) is 0.111. The largest absolute Gasteiger partial charge is 0.430 e. The van der Waals surface area contributed by atoms with E-state index in [1.807, 2.05) is 0 Å². The average molecular weight is 261 g/mol. The molecule has 0 aliphatic rings. The summed E-state index contributed by atoms with van der Waals surface area (Å²) in [5.41, 5.74) is 0. The maximum absolute atomic E-state index is 13.1. The molecule has 1 N–H and O–H groups in total. The molecule has 84 valence electrons. The van der Waals surface area contributed by atoms with Crippen molar-refractivity contribution in [1.29, 1.82) is 0 Å². The van der Waals surface area contributed by atoms with Crippen molar-refractivity contribution < 1.29 is 14.2 Å². The fourth-order valence-corrected chi connectivity index (χ4v) is 1.67. The van der Waals surface area contributed by atoms with Gasteiger partial charge in [-0.1, -0.05) is 28.0 Å². The summed E-state index contributed by atoms with van der Waals surface area (Å²) >= 11 is 6.61. The Hall–Kier alpha value is -1.24. The predicted octanol–water partition coefficient (Wildman–Crippen LogP) is 2.62. The van der Waals surface area contributed by atoms with Crippen LogP contribution in [0.25, 0.3) is 0 Å². The summed E-state index contributed by atoms with van der Waals surface area (Å²) in [5.74, 6) is -0.284. The topological polar surface area (TPSA) is 55.2 Å². The molecule has 4 nitrogen and oxygen atoms in total. The first-order valence-corrected chi connectivity index (χ1v) is 5.44. The van der Waals surface area contributed by atoms with Gasteiger partial charge in [-0.15, -0.1) is 5.10 Å². The molecule has 2 rings (SSSR count). The van der Waals surface area contributed by atoms with Gasteiger partial charge in [-0.2, -0.15) is 0 Å². The second kappa shape index (κ2) is 4.73. The quantitative estimate of drug-likeness (QED) is 0.922. The molecule has 0 radical (unpaired) electrons. The molecule has 16 heavy (non-hydrogen) atoms. The van der Waals surface area contributed by atoms with Crippen LogP contribution in [0.2, 0.25) is 5.02 Å². The molecule has 1 aromatic carbocycles. The maximum atomic E-state index is 13.1. The van der Waals surface area contributed by atoms with Gasteiger partial charge in [-0.05, 0) is 12.1 Å². The number of ether oxygens (including phenoxy) is 1. The molecule has 0 aliphatic heterocycles. The van der Waals surface area contributed by atoms with Gasteiger partial charge in [0.25, 0.3) is 5.19 Å². The van der Waals surface area contributed by atoms with Crippen LogP contribution in [0.4, 0.5) is 4.39 Å². The van der Waals surface area contributed by atoms with Crippen molar-refractivity contribution in [3.8, 4) is 10.9 Å². The van der Waals surface area contributed by atoms with Crippen molar-refractivity contribution in [1.82, 2.24) is 10.2 Å². The first-order valence-electron chi connectivity index (χ1n) is 4.25. The lowest BCUT2D eigenvalue weighted by Gasteiger charge is -2.01. The summed E-state index contributed by atoms with van der Waals surface area (Å²) in [6, 6.07) is 4.06. The molecule has 0 aliphatic carbocycles. The second-order valence-electron chi connectivity index (χ2n) is 2.80. The number of aliphatic hydroxyl groups excluding tert-OH is 1. The van der Waals surface area contributed by atoms with Gasteiger partial charge >= 0.3 is 0 Å². The zero-order valence-electron chi connectivity index (χ0n) is 7.85. The third-order valence-corrected chi connectivity index (χ3v) is 2.77. The summed E-state index contributed by atoms with van der Waals surface area (Å²) < 4.78 is 18.3. The van der Waals surface area contributed by atoms with Crippen LogP contribution in [-0.4, -0.2) is 15.3 Å². The van der Waals surface area contributed by atoms with Gasteiger partial charge in [0, 0.05) is 6.07 Å². The number of halogens is 2. The highest BCUT2D eigenvalue weighted by molar-refractivity contribution is 7.13. The Bertz CT molecular complexity index is 506. The molecule has 2 aromatic rings. The van der Waals surface area contributed by atoms with Crippen LogP contribution in [0.1, 0.15) is 5.01 Å². The van der Waals surface area contributed by atoms with Crippen LogP contribution in [0.3, 0.4) is 0 Å². The molecule has 0 amide bonds. The van der Waals surface area contributed by atoms with E-state index in [0.717, 1.165) is 17.4 Å². The Balaban J connectivity index is 2.17. The molecule has 1 heterocycles. The second-order valence-corrected chi connectivity index (χ2v) is 4.23. The molecule has 0 fully saturated rings. The van der Waals surface area contributed by atoms with Crippen molar-refractivity contribution >= 4 is 22.9 Å². The monoisotopic (exact) mass is 260 g/mol. The number of rotatable bonds is 3. The molecule has 1 aromatic heterocycles. The Morgan fingerprint density at radius 2 is 2.25 bits per heavy atom. The van der Waals surface area contributed by atoms with Crippen LogP contribution >= 0.6 is 22.9 Å². The van der Waals surface area contributed by atoms with Crippen LogP contribution in [0, 0.1) is 5.82 Å². The summed E-state index contributed by atoms with van der Waals surface area (Å²) in [5, 5.41) is 16.8. The Kier molecular flexibility index (Phi) is 3.33. The van der Waals surface area contributed by atoms with E-state index in [-0.39, 0.29) is 22.6 Å². The van der Waals surface area contributed by atoms with E-state index in [1.54, 1.807) is 0 Å². The fourth-order valence-electron chi connectivity index (χ4n) is 0.985. The molecule has 0 saturated carbocycles. The standard InChI is InChI=1S/C9H6ClFN2O2S/c10-6-2-1-5(3-7(6)11)15-9-13-12-8(4-14)16-9/h1-3,14H,4H2. The predicted molar refractivity (Wildman–Crippen MR) is 57.3 cm³/mol. The Morgan fingerprint density at radius 3 is 2.88 bits per heavy atom. The number of aromatic nitrogens is 2. The van der Waals surface area contributed by atoms with Crippen LogP contribution < -0.4 is 4.74 Å². The Labute approximate surface area is 99.3 Å². The minimum Gasteiger partial charge on any atom is -0.430 e. The van der Waals surface area contributed by atoms with Crippen molar-refractivity contribution in [3.05, 3.63) is 34.0 Å². The van der Waals surface area contributed by atoms with Gasteiger partial charge in [0.1, 0.15) is 16.6 Å². The average Bonchev–Trinajstić information content (AvgIpc) is 2.71. The van der Waals surface area contributed by atoms with E-state index in [4.69, 9.17) is 21.4 Å². The van der Waals surface area contributed by atoms with Gasteiger partial charge in [0.2, 0.25) is 0 Å². The molecule has 0 bridgehead atoms. The van der Waals surface area contributed by atoms with Gasteiger partial charge in [0.15, 0.2) is 0 Å². The highest BCUT2D eigenvalue weighted by atomic mass is 35.5. The summed E-state index contributed by atoms with van der Waals surface area (Å²) in [7, 11) is 0. The zero-order chi connectivity index (χ0) is 11.5. The van der Waals surface area contributed by atoms with Gasteiger partial charge in [0.05, 0.1) is 11.6 Å². The van der Waals surface area contributed by atoms with Crippen LogP contribution in [-0.2, 0) is 6.61 Å². The van der Waals surface area contributed by atoms with Gasteiger partial charge < -0.3 is 9.84 Å². The summed E-state index contributed by atoms with van der Waals surface area (Å²) in [6.45, 7) is -0.198. The van der Waals surface area contributed by atoms with E-state index in [1.165, 1.54) is 12.1 Å². The smallest absolute Gasteiger partial charge is 0.299 e. The van der Waals surface area contributed by atoms with Crippen LogP contribution in [0.15, 0.2) is 18.2 Å². The number of aliphatic hydroxyl groups is 1. The highest BCUT2D eigenvalue weighted by Crippen LogP contribution is 2.27. The minimum atomic E-state index is -0.564. The lowest BCUT2D eigenvalue weighted by molar-refractivity contribution is 0.280. The molecule has 0 saturated heterocycles. The van der Waals surface area contributed by atoms with Crippen molar-refractivity contribution in [2.24, 2.45) is 0 Å². The number of hydrogen-bond acceptors (Lipinski definition) is 5. The molecule has 7 heteroatoms. The van der Waals surface area contributed by atoms with E-state index >= 15 is 0 Å². The first-order chi connectivity index (χ1) is 7.69. The van der Waals surface area contributed by atoms with Crippen molar-refractivity contribution in [3.63, 3.8) is 0 Å². The third-order valence-electron chi connectivity index (χ3n) is 1.68. The van der Waals surface area contributed by atoms with Crippen molar-refractivity contribution in [2.75, 3.05) is 0 Å². The molecular weight excluding hydrogens is 255 g/mol. The molecule has 0 atom stereocenters. The lowest BCUT2D eigenvalue weighted by atomic mass is 10.3. The van der Waals surface area contributed by atoms with E-state index in [2.05, 4.69) is 10.2 Å². The van der Waals surface area contributed by atoms with E-state index in [9.17, 15) is 4.39 Å². The number of hydrogen-bond donors (Lipinski definition) is 1. The number of benzene rings is 1. The van der Waals surface area contributed by atoms with E-state index < -0.39 is 5.82 Å².